The fourth-order valence-electron chi connectivity index (χ4n) is 1.75. The Morgan fingerprint density at radius 2 is 2.26 bits per heavy atom. The summed E-state index contributed by atoms with van der Waals surface area (Å²) in [5.74, 6) is -0.0376. The first-order valence-corrected chi connectivity index (χ1v) is 7.17. The second-order valence-electron chi connectivity index (χ2n) is 4.40. The molecule has 0 spiro atoms. The quantitative estimate of drug-likeness (QED) is 0.373. The second-order valence-corrected chi connectivity index (χ2v) is 5.25. The minimum absolute atomic E-state index is 0.144. The number of nitro benzene ring substituents is 1. The first-order valence-electron chi connectivity index (χ1n) is 6.37. The van der Waals surface area contributed by atoms with Gasteiger partial charge in [0.15, 0.2) is 0 Å². The molecule has 0 aliphatic heterocycles. The van der Waals surface area contributed by atoms with Gasteiger partial charge in [0.1, 0.15) is 17.4 Å². The monoisotopic (exact) mass is 375 g/mol. The highest BCUT2D eigenvalue weighted by atomic mass is 79.9. The van der Waals surface area contributed by atoms with Crippen LogP contribution in [-0.4, -0.2) is 10.8 Å². The van der Waals surface area contributed by atoms with E-state index in [0.717, 1.165) is 0 Å². The summed E-state index contributed by atoms with van der Waals surface area (Å²) in [5.41, 5.74) is 0.0739. The molecule has 0 atom stereocenters. The summed E-state index contributed by atoms with van der Waals surface area (Å²) in [6.07, 6.45) is 2.76. The molecule has 8 heteroatoms. The SMILES string of the molecule is N#C/C(=C\c1ccc(Br)c([N+](=O)[O-])c1)C(=O)NCc1ccco1. The minimum atomic E-state index is -0.588. The van der Waals surface area contributed by atoms with Gasteiger partial charge in [0.05, 0.1) is 22.2 Å². The molecule has 2 rings (SSSR count). The number of nitrogens with one attached hydrogen (secondary N) is 1. The molecule has 116 valence electrons. The van der Waals surface area contributed by atoms with E-state index >= 15 is 0 Å². The van der Waals surface area contributed by atoms with Crippen LogP contribution in [0, 0.1) is 21.4 Å². The molecule has 2 aromatic rings. The molecule has 1 aromatic carbocycles. The number of amides is 1. The van der Waals surface area contributed by atoms with Gasteiger partial charge in [-0.25, -0.2) is 0 Å². The van der Waals surface area contributed by atoms with E-state index in [1.807, 2.05) is 0 Å². The first kappa shape index (κ1) is 16.5. The molecular weight excluding hydrogens is 366 g/mol. The topological polar surface area (TPSA) is 109 Å². The van der Waals surface area contributed by atoms with Gasteiger partial charge in [-0.05, 0) is 45.8 Å². The maximum absolute atomic E-state index is 12.0. The normalized spacial score (nSPS) is 10.9. The largest absolute Gasteiger partial charge is 0.467 e. The van der Waals surface area contributed by atoms with E-state index in [4.69, 9.17) is 9.68 Å². The Balaban J connectivity index is 2.18. The number of nitro groups is 1. The Kier molecular flexibility index (Phi) is 5.28. The predicted molar refractivity (Wildman–Crippen MR) is 84.9 cm³/mol. The van der Waals surface area contributed by atoms with Crippen LogP contribution in [0.5, 0.6) is 0 Å². The number of carbonyl (C=O) groups is 1. The Morgan fingerprint density at radius 1 is 1.48 bits per heavy atom. The molecule has 0 fully saturated rings. The minimum Gasteiger partial charge on any atom is -0.467 e. The number of halogens is 1. The number of benzene rings is 1. The Morgan fingerprint density at radius 3 is 2.87 bits per heavy atom. The Hall–Kier alpha value is -2.92. The lowest BCUT2D eigenvalue weighted by Crippen LogP contribution is -2.23. The average Bonchev–Trinajstić information content (AvgIpc) is 3.04. The smallest absolute Gasteiger partial charge is 0.284 e. The van der Waals surface area contributed by atoms with Gasteiger partial charge in [-0.3, -0.25) is 14.9 Å². The fraction of sp³-hybridized carbons (Fsp3) is 0.0667. The van der Waals surface area contributed by atoms with Gasteiger partial charge in [0, 0.05) is 6.07 Å². The van der Waals surface area contributed by atoms with Crippen LogP contribution in [0.3, 0.4) is 0 Å². The van der Waals surface area contributed by atoms with Crippen molar-refractivity contribution in [1.29, 1.82) is 5.26 Å². The van der Waals surface area contributed by atoms with Gasteiger partial charge in [-0.2, -0.15) is 5.26 Å². The molecule has 1 aromatic heterocycles. The van der Waals surface area contributed by atoms with Crippen LogP contribution in [0.15, 0.2) is 51.1 Å². The molecule has 1 amide bonds. The zero-order valence-electron chi connectivity index (χ0n) is 11.7. The molecule has 1 heterocycles. The van der Waals surface area contributed by atoms with E-state index in [1.54, 1.807) is 24.3 Å². The van der Waals surface area contributed by atoms with Crippen molar-refractivity contribution in [2.24, 2.45) is 0 Å². The number of nitrogens with zero attached hydrogens (tertiary/aromatic N) is 2. The molecule has 0 aliphatic rings. The van der Waals surface area contributed by atoms with Crippen LogP contribution in [0.25, 0.3) is 6.08 Å². The average molecular weight is 376 g/mol. The van der Waals surface area contributed by atoms with Gasteiger partial charge >= 0.3 is 0 Å². The maximum atomic E-state index is 12.0. The molecule has 0 saturated heterocycles. The molecule has 23 heavy (non-hydrogen) atoms. The van der Waals surface area contributed by atoms with Crippen LogP contribution < -0.4 is 5.32 Å². The van der Waals surface area contributed by atoms with Crippen LogP contribution in [-0.2, 0) is 11.3 Å². The molecule has 1 N–H and O–H groups in total. The molecule has 0 unspecified atom stereocenters. The summed E-state index contributed by atoms with van der Waals surface area (Å²) < 4.78 is 5.39. The number of hydrogen-bond acceptors (Lipinski definition) is 5. The van der Waals surface area contributed by atoms with E-state index in [0.29, 0.717) is 15.8 Å². The lowest BCUT2D eigenvalue weighted by atomic mass is 10.1. The van der Waals surface area contributed by atoms with Crippen molar-refractivity contribution < 1.29 is 14.1 Å². The zero-order chi connectivity index (χ0) is 16.8. The predicted octanol–water partition coefficient (Wildman–Crippen LogP) is 3.17. The highest BCUT2D eigenvalue weighted by Gasteiger charge is 2.14. The van der Waals surface area contributed by atoms with Crippen LogP contribution in [0.1, 0.15) is 11.3 Å². The highest BCUT2D eigenvalue weighted by Crippen LogP contribution is 2.26. The van der Waals surface area contributed by atoms with Crippen LogP contribution in [0.2, 0.25) is 0 Å². The van der Waals surface area contributed by atoms with Crippen LogP contribution in [0.4, 0.5) is 5.69 Å². The number of hydrogen-bond donors (Lipinski definition) is 1. The summed E-state index contributed by atoms with van der Waals surface area (Å²) in [7, 11) is 0. The van der Waals surface area contributed by atoms with Crippen molar-refractivity contribution >= 4 is 33.6 Å². The van der Waals surface area contributed by atoms with Gasteiger partial charge in [0.2, 0.25) is 0 Å². The zero-order valence-corrected chi connectivity index (χ0v) is 13.2. The van der Waals surface area contributed by atoms with Gasteiger partial charge in [-0.1, -0.05) is 6.07 Å². The van der Waals surface area contributed by atoms with Gasteiger partial charge in [0.25, 0.3) is 11.6 Å². The molecule has 0 radical (unpaired) electrons. The Bertz CT molecular complexity index is 807. The third-order valence-electron chi connectivity index (χ3n) is 2.85. The molecule has 0 saturated carbocycles. The number of carbonyl (C=O) groups excluding carboxylic acids is 1. The first-order chi connectivity index (χ1) is 11.0. The summed E-state index contributed by atoms with van der Waals surface area (Å²) in [6.45, 7) is 0.144. The molecular formula is C15H10BrN3O4. The fourth-order valence-corrected chi connectivity index (χ4v) is 2.14. The maximum Gasteiger partial charge on any atom is 0.284 e. The third-order valence-corrected chi connectivity index (χ3v) is 3.52. The summed E-state index contributed by atoms with van der Waals surface area (Å²) >= 11 is 3.07. The van der Waals surface area contributed by atoms with E-state index in [-0.39, 0.29) is 17.8 Å². The van der Waals surface area contributed by atoms with Crippen molar-refractivity contribution in [3.05, 3.63) is 68.1 Å². The summed E-state index contributed by atoms with van der Waals surface area (Å²) in [5, 5.41) is 22.5. The summed E-state index contributed by atoms with van der Waals surface area (Å²) in [4.78, 5) is 22.3. The standard InChI is InChI=1S/C15H10BrN3O4/c16-13-4-3-10(7-14(13)19(21)22)6-11(8-17)15(20)18-9-12-2-1-5-23-12/h1-7H,9H2,(H,18,20)/b11-6+. The molecule has 0 aliphatic carbocycles. The second kappa shape index (κ2) is 7.38. The van der Waals surface area contributed by atoms with Gasteiger partial charge < -0.3 is 9.73 Å². The Labute approximate surface area is 139 Å². The number of furan rings is 1. The number of rotatable bonds is 5. The number of nitriles is 1. The van der Waals surface area contributed by atoms with E-state index < -0.39 is 10.8 Å². The van der Waals surface area contributed by atoms with E-state index in [1.165, 1.54) is 24.5 Å². The molecule has 0 bridgehead atoms. The van der Waals surface area contributed by atoms with Crippen LogP contribution >= 0.6 is 15.9 Å². The van der Waals surface area contributed by atoms with Crippen molar-refractivity contribution in [1.82, 2.24) is 5.32 Å². The molecule has 7 nitrogen and oxygen atoms in total. The van der Waals surface area contributed by atoms with Gasteiger partial charge in [-0.15, -0.1) is 0 Å². The van der Waals surface area contributed by atoms with Crippen molar-refractivity contribution in [2.45, 2.75) is 6.54 Å². The lowest BCUT2D eigenvalue weighted by Gasteiger charge is -2.02. The van der Waals surface area contributed by atoms with E-state index in [2.05, 4.69) is 21.2 Å². The lowest BCUT2D eigenvalue weighted by molar-refractivity contribution is -0.385. The van der Waals surface area contributed by atoms with E-state index in [9.17, 15) is 14.9 Å². The van der Waals surface area contributed by atoms with Crippen molar-refractivity contribution in [2.75, 3.05) is 0 Å². The summed E-state index contributed by atoms with van der Waals surface area (Å²) in [6, 6.07) is 9.48. The highest BCUT2D eigenvalue weighted by molar-refractivity contribution is 9.10. The van der Waals surface area contributed by atoms with Crippen molar-refractivity contribution in [3.8, 4) is 6.07 Å². The third kappa shape index (κ3) is 4.28. The van der Waals surface area contributed by atoms with Crippen molar-refractivity contribution in [3.63, 3.8) is 0 Å².